The van der Waals surface area contributed by atoms with Gasteiger partial charge in [-0.1, -0.05) is 18.2 Å². The number of nitrogens with zero attached hydrogens (tertiary/aromatic N) is 1. The SMILES string of the molecule is Cl.Nc1ccc(NC(=O)Cc2ccc3c(c2)CCC3)cn1. The molecule has 0 unspecified atom stereocenters. The third-order valence-corrected chi connectivity index (χ3v) is 3.60. The first kappa shape index (κ1) is 15.3. The summed E-state index contributed by atoms with van der Waals surface area (Å²) in [6, 6.07) is 9.78. The topological polar surface area (TPSA) is 68.0 Å². The number of fused-ring (bicyclic) bond motifs is 1. The van der Waals surface area contributed by atoms with E-state index in [2.05, 4.69) is 22.4 Å². The normalized spacial score (nSPS) is 12.4. The van der Waals surface area contributed by atoms with E-state index in [9.17, 15) is 4.79 Å². The van der Waals surface area contributed by atoms with E-state index in [0.29, 0.717) is 17.9 Å². The van der Waals surface area contributed by atoms with Crippen molar-refractivity contribution < 1.29 is 4.79 Å². The Bertz CT molecular complexity index is 640. The van der Waals surface area contributed by atoms with Crippen molar-refractivity contribution in [3.8, 4) is 0 Å². The predicted molar refractivity (Wildman–Crippen MR) is 86.7 cm³/mol. The number of aromatic nitrogens is 1. The van der Waals surface area contributed by atoms with Crippen LogP contribution in [0.25, 0.3) is 0 Å². The number of hydrogen-bond acceptors (Lipinski definition) is 3. The molecule has 1 heterocycles. The van der Waals surface area contributed by atoms with E-state index in [1.165, 1.54) is 24.0 Å². The lowest BCUT2D eigenvalue weighted by Crippen LogP contribution is -2.14. The zero-order valence-corrected chi connectivity index (χ0v) is 12.5. The maximum absolute atomic E-state index is 12.0. The molecule has 1 aromatic carbocycles. The van der Waals surface area contributed by atoms with Crippen LogP contribution in [0.1, 0.15) is 23.1 Å². The molecular formula is C16H18ClN3O. The van der Waals surface area contributed by atoms with Crippen LogP contribution in [0, 0.1) is 0 Å². The van der Waals surface area contributed by atoms with Gasteiger partial charge in [0, 0.05) is 0 Å². The summed E-state index contributed by atoms with van der Waals surface area (Å²) in [6.45, 7) is 0. The van der Waals surface area contributed by atoms with Gasteiger partial charge in [0.2, 0.25) is 5.91 Å². The fourth-order valence-electron chi connectivity index (χ4n) is 2.60. The van der Waals surface area contributed by atoms with Crippen LogP contribution < -0.4 is 11.1 Å². The first-order chi connectivity index (χ1) is 9.70. The van der Waals surface area contributed by atoms with Gasteiger partial charge in [0.05, 0.1) is 18.3 Å². The molecule has 0 saturated carbocycles. The van der Waals surface area contributed by atoms with Crippen molar-refractivity contribution in [2.75, 3.05) is 11.1 Å². The first-order valence-electron chi connectivity index (χ1n) is 6.83. The summed E-state index contributed by atoms with van der Waals surface area (Å²) in [5.41, 5.74) is 10.1. The van der Waals surface area contributed by atoms with E-state index in [1.54, 1.807) is 18.3 Å². The summed E-state index contributed by atoms with van der Waals surface area (Å²) in [6.07, 6.45) is 5.47. The van der Waals surface area contributed by atoms with Crippen LogP contribution >= 0.6 is 12.4 Å². The van der Waals surface area contributed by atoms with Gasteiger partial charge in [0.15, 0.2) is 0 Å². The quantitative estimate of drug-likeness (QED) is 0.916. The van der Waals surface area contributed by atoms with Crippen LogP contribution in [0.3, 0.4) is 0 Å². The fourth-order valence-corrected chi connectivity index (χ4v) is 2.60. The molecular weight excluding hydrogens is 286 g/mol. The van der Waals surface area contributed by atoms with Crippen LogP contribution in [0.2, 0.25) is 0 Å². The molecule has 0 atom stereocenters. The Morgan fingerprint density at radius 2 is 2.00 bits per heavy atom. The Labute approximate surface area is 130 Å². The van der Waals surface area contributed by atoms with Gasteiger partial charge in [-0.25, -0.2) is 4.98 Å². The number of halogens is 1. The fraction of sp³-hybridized carbons (Fsp3) is 0.250. The van der Waals surface area contributed by atoms with Gasteiger partial charge >= 0.3 is 0 Å². The summed E-state index contributed by atoms with van der Waals surface area (Å²) in [4.78, 5) is 15.9. The maximum atomic E-state index is 12.0. The number of carbonyl (C=O) groups excluding carboxylic acids is 1. The number of nitrogen functional groups attached to an aromatic ring is 1. The molecule has 0 spiro atoms. The maximum Gasteiger partial charge on any atom is 0.228 e. The van der Waals surface area contributed by atoms with Gasteiger partial charge in [0.25, 0.3) is 0 Å². The van der Waals surface area contributed by atoms with Gasteiger partial charge in [-0.3, -0.25) is 4.79 Å². The lowest BCUT2D eigenvalue weighted by atomic mass is 10.0. The van der Waals surface area contributed by atoms with Gasteiger partial charge in [-0.2, -0.15) is 0 Å². The minimum atomic E-state index is -0.0329. The number of nitrogens with one attached hydrogen (secondary N) is 1. The molecule has 0 bridgehead atoms. The lowest BCUT2D eigenvalue weighted by molar-refractivity contribution is -0.115. The molecule has 1 aliphatic rings. The smallest absolute Gasteiger partial charge is 0.228 e. The second-order valence-corrected chi connectivity index (χ2v) is 5.15. The molecule has 1 amide bonds. The molecule has 0 radical (unpaired) electrons. The van der Waals surface area contributed by atoms with Crippen LogP contribution in [0.5, 0.6) is 0 Å². The predicted octanol–water partition coefficient (Wildman–Crippen LogP) is 2.76. The molecule has 3 rings (SSSR count). The molecule has 21 heavy (non-hydrogen) atoms. The van der Waals surface area contributed by atoms with Gasteiger partial charge in [-0.15, -0.1) is 12.4 Å². The summed E-state index contributed by atoms with van der Waals surface area (Å²) in [5.74, 6) is 0.413. The van der Waals surface area contributed by atoms with Crippen molar-refractivity contribution in [2.45, 2.75) is 25.7 Å². The number of amides is 1. The van der Waals surface area contributed by atoms with Gasteiger partial charge in [0.1, 0.15) is 5.82 Å². The van der Waals surface area contributed by atoms with Crippen LogP contribution in [-0.4, -0.2) is 10.9 Å². The van der Waals surface area contributed by atoms with Crippen LogP contribution in [-0.2, 0) is 24.1 Å². The molecule has 3 N–H and O–H groups in total. The molecule has 4 nitrogen and oxygen atoms in total. The van der Waals surface area contributed by atoms with Crippen molar-refractivity contribution in [3.63, 3.8) is 0 Å². The van der Waals surface area contributed by atoms with E-state index in [-0.39, 0.29) is 18.3 Å². The van der Waals surface area contributed by atoms with E-state index in [1.807, 2.05) is 6.07 Å². The van der Waals surface area contributed by atoms with Crippen molar-refractivity contribution in [1.82, 2.24) is 4.98 Å². The van der Waals surface area contributed by atoms with E-state index >= 15 is 0 Å². The molecule has 110 valence electrons. The summed E-state index contributed by atoms with van der Waals surface area (Å²) in [5, 5.41) is 2.83. The van der Waals surface area contributed by atoms with E-state index in [0.717, 1.165) is 12.0 Å². The molecule has 2 aromatic rings. The van der Waals surface area contributed by atoms with E-state index in [4.69, 9.17) is 5.73 Å². The van der Waals surface area contributed by atoms with Gasteiger partial charge in [-0.05, 0) is 48.1 Å². The largest absolute Gasteiger partial charge is 0.384 e. The van der Waals surface area contributed by atoms with Crippen LogP contribution in [0.15, 0.2) is 36.5 Å². The highest BCUT2D eigenvalue weighted by molar-refractivity contribution is 5.92. The molecule has 1 aliphatic carbocycles. The van der Waals surface area contributed by atoms with Gasteiger partial charge < -0.3 is 11.1 Å². The molecule has 0 saturated heterocycles. The molecule has 0 fully saturated rings. The molecule has 0 aliphatic heterocycles. The number of anilines is 2. The van der Waals surface area contributed by atoms with Crippen molar-refractivity contribution >= 4 is 29.8 Å². The standard InChI is InChI=1S/C16H17N3O.ClH/c17-15-7-6-14(10-18-15)19-16(20)9-11-4-5-12-2-1-3-13(12)8-11;/h4-8,10H,1-3,9H2,(H2,17,18)(H,19,20);1H. The minimum absolute atomic E-state index is 0. The molecule has 1 aromatic heterocycles. The van der Waals surface area contributed by atoms with Crippen LogP contribution in [0.4, 0.5) is 11.5 Å². The average Bonchev–Trinajstić information content (AvgIpc) is 2.89. The zero-order chi connectivity index (χ0) is 13.9. The van der Waals surface area contributed by atoms with Crippen molar-refractivity contribution in [1.29, 1.82) is 0 Å². The minimum Gasteiger partial charge on any atom is -0.384 e. The second kappa shape index (κ2) is 6.59. The Balaban J connectivity index is 0.00000161. The highest BCUT2D eigenvalue weighted by atomic mass is 35.5. The Hall–Kier alpha value is -2.07. The summed E-state index contributed by atoms with van der Waals surface area (Å²) in [7, 11) is 0. The monoisotopic (exact) mass is 303 g/mol. The summed E-state index contributed by atoms with van der Waals surface area (Å²) >= 11 is 0. The molecule has 5 heteroatoms. The number of carbonyl (C=O) groups is 1. The number of nitrogens with two attached hydrogens (primary N) is 1. The highest BCUT2D eigenvalue weighted by Gasteiger charge is 2.12. The second-order valence-electron chi connectivity index (χ2n) is 5.15. The first-order valence-corrected chi connectivity index (χ1v) is 6.83. The summed E-state index contributed by atoms with van der Waals surface area (Å²) < 4.78 is 0. The Morgan fingerprint density at radius 1 is 1.19 bits per heavy atom. The highest BCUT2D eigenvalue weighted by Crippen LogP contribution is 2.23. The number of benzene rings is 1. The number of hydrogen-bond donors (Lipinski definition) is 2. The zero-order valence-electron chi connectivity index (χ0n) is 11.6. The Morgan fingerprint density at radius 3 is 2.76 bits per heavy atom. The lowest BCUT2D eigenvalue weighted by Gasteiger charge is -2.07. The number of pyridine rings is 1. The third-order valence-electron chi connectivity index (χ3n) is 3.60. The van der Waals surface area contributed by atoms with Crippen molar-refractivity contribution in [3.05, 3.63) is 53.2 Å². The van der Waals surface area contributed by atoms with Crippen molar-refractivity contribution in [2.24, 2.45) is 0 Å². The number of aryl methyl sites for hydroxylation is 2. The average molecular weight is 304 g/mol. The third kappa shape index (κ3) is 3.73. The van der Waals surface area contributed by atoms with E-state index < -0.39 is 0 Å². The number of rotatable bonds is 3. The Kier molecular flexibility index (Phi) is 4.81.